The van der Waals surface area contributed by atoms with E-state index >= 15 is 0 Å². The highest BCUT2D eigenvalue weighted by atomic mass is 16.6. The normalized spacial score (nSPS) is 10.2. The molecule has 0 amide bonds. The largest absolute Gasteiger partial charge is 0.354 e. The van der Waals surface area contributed by atoms with Crippen LogP contribution in [0, 0.1) is 17.0 Å². The van der Waals surface area contributed by atoms with Gasteiger partial charge in [-0.2, -0.15) is 0 Å². The highest BCUT2D eigenvalue weighted by Gasteiger charge is 2.22. The average Bonchev–Trinajstić information content (AvgIpc) is 2.39. The predicted octanol–water partition coefficient (Wildman–Crippen LogP) is 2.19. The maximum absolute atomic E-state index is 11.2. The fourth-order valence-electron chi connectivity index (χ4n) is 1.73. The van der Waals surface area contributed by atoms with Gasteiger partial charge in [0.25, 0.3) is 0 Å². The molecule has 0 aliphatic rings. The second kappa shape index (κ2) is 5.38. The van der Waals surface area contributed by atoms with Gasteiger partial charge in [0.1, 0.15) is 5.69 Å². The van der Waals surface area contributed by atoms with Crippen LogP contribution in [-0.4, -0.2) is 26.4 Å². The van der Waals surface area contributed by atoms with Crippen molar-refractivity contribution in [2.75, 3.05) is 11.9 Å². The summed E-state index contributed by atoms with van der Waals surface area (Å²) in [5.41, 5.74) is 1.21. The van der Waals surface area contributed by atoms with Crippen molar-refractivity contribution in [1.29, 1.82) is 0 Å². The molecule has 0 saturated carbocycles. The quantitative estimate of drug-likeness (QED) is 0.668. The zero-order valence-corrected chi connectivity index (χ0v) is 10.6. The standard InChI is InChI=1S/C12H13N5O2/c1-3-14-12-15-8(2)11(17(18)19)10(16-12)9-4-6-13-7-5-9/h4-7H,3H2,1-2H3,(H,14,15,16). The third-order valence-electron chi connectivity index (χ3n) is 2.53. The third-order valence-corrected chi connectivity index (χ3v) is 2.53. The van der Waals surface area contributed by atoms with Crippen molar-refractivity contribution in [2.24, 2.45) is 0 Å². The first-order chi connectivity index (χ1) is 9.13. The molecule has 0 aliphatic heterocycles. The number of nitrogens with zero attached hydrogens (tertiary/aromatic N) is 4. The number of anilines is 1. The fourth-order valence-corrected chi connectivity index (χ4v) is 1.73. The summed E-state index contributed by atoms with van der Waals surface area (Å²) in [4.78, 5) is 22.9. The van der Waals surface area contributed by atoms with Crippen LogP contribution in [0.2, 0.25) is 0 Å². The lowest BCUT2D eigenvalue weighted by Gasteiger charge is -2.08. The van der Waals surface area contributed by atoms with Gasteiger partial charge >= 0.3 is 5.69 Å². The zero-order valence-electron chi connectivity index (χ0n) is 10.6. The summed E-state index contributed by atoms with van der Waals surface area (Å²) < 4.78 is 0. The lowest BCUT2D eigenvalue weighted by molar-refractivity contribution is -0.385. The maximum atomic E-state index is 11.2. The van der Waals surface area contributed by atoms with E-state index in [0.29, 0.717) is 29.4 Å². The Bertz CT molecular complexity index is 601. The van der Waals surface area contributed by atoms with Gasteiger partial charge in [-0.3, -0.25) is 15.1 Å². The second-order valence-electron chi connectivity index (χ2n) is 3.85. The van der Waals surface area contributed by atoms with Gasteiger partial charge < -0.3 is 5.32 Å². The van der Waals surface area contributed by atoms with Gasteiger partial charge in [-0.1, -0.05) is 0 Å². The van der Waals surface area contributed by atoms with E-state index in [4.69, 9.17) is 0 Å². The smallest absolute Gasteiger partial charge is 0.316 e. The van der Waals surface area contributed by atoms with Gasteiger partial charge in [-0.25, -0.2) is 9.97 Å². The van der Waals surface area contributed by atoms with Gasteiger partial charge in [-0.15, -0.1) is 0 Å². The van der Waals surface area contributed by atoms with Crippen molar-refractivity contribution in [2.45, 2.75) is 13.8 Å². The van der Waals surface area contributed by atoms with Crippen LogP contribution in [0.25, 0.3) is 11.3 Å². The summed E-state index contributed by atoms with van der Waals surface area (Å²) in [5.74, 6) is 0.386. The minimum atomic E-state index is -0.458. The van der Waals surface area contributed by atoms with E-state index in [2.05, 4.69) is 20.3 Å². The first-order valence-electron chi connectivity index (χ1n) is 5.80. The number of aromatic nitrogens is 3. The van der Waals surface area contributed by atoms with Gasteiger partial charge in [0, 0.05) is 24.5 Å². The zero-order chi connectivity index (χ0) is 13.8. The molecule has 0 bridgehead atoms. The van der Waals surface area contributed by atoms with E-state index in [1.54, 1.807) is 31.5 Å². The van der Waals surface area contributed by atoms with Crippen molar-refractivity contribution in [1.82, 2.24) is 15.0 Å². The van der Waals surface area contributed by atoms with E-state index in [1.165, 1.54) is 0 Å². The fraction of sp³-hybridized carbons (Fsp3) is 0.250. The van der Waals surface area contributed by atoms with Crippen LogP contribution in [-0.2, 0) is 0 Å². The molecule has 0 unspecified atom stereocenters. The minimum absolute atomic E-state index is 0.0761. The van der Waals surface area contributed by atoms with Crippen LogP contribution in [0.3, 0.4) is 0 Å². The number of hydrogen-bond donors (Lipinski definition) is 1. The summed E-state index contributed by atoms with van der Waals surface area (Å²) in [6.45, 7) is 4.16. The molecule has 2 aromatic heterocycles. The first kappa shape index (κ1) is 12.9. The van der Waals surface area contributed by atoms with Crippen molar-refractivity contribution >= 4 is 11.6 Å². The van der Waals surface area contributed by atoms with Crippen LogP contribution in [0.5, 0.6) is 0 Å². The topological polar surface area (TPSA) is 93.8 Å². The number of pyridine rings is 1. The predicted molar refractivity (Wildman–Crippen MR) is 70.8 cm³/mol. The summed E-state index contributed by atoms with van der Waals surface area (Å²) in [6, 6.07) is 3.37. The van der Waals surface area contributed by atoms with Crippen molar-refractivity contribution in [3.8, 4) is 11.3 Å². The van der Waals surface area contributed by atoms with Crippen molar-refractivity contribution in [3.05, 3.63) is 40.3 Å². The number of nitrogens with one attached hydrogen (secondary N) is 1. The Morgan fingerprint density at radius 1 is 1.32 bits per heavy atom. The van der Waals surface area contributed by atoms with Gasteiger partial charge in [0.15, 0.2) is 5.69 Å². The average molecular weight is 259 g/mol. The Kier molecular flexibility index (Phi) is 3.65. The van der Waals surface area contributed by atoms with E-state index in [-0.39, 0.29) is 5.69 Å². The number of aryl methyl sites for hydroxylation is 1. The highest BCUT2D eigenvalue weighted by Crippen LogP contribution is 2.30. The molecule has 0 radical (unpaired) electrons. The monoisotopic (exact) mass is 259 g/mol. The van der Waals surface area contributed by atoms with E-state index < -0.39 is 4.92 Å². The summed E-state index contributed by atoms with van der Waals surface area (Å²) >= 11 is 0. The van der Waals surface area contributed by atoms with Crippen LogP contribution >= 0.6 is 0 Å². The molecule has 2 rings (SSSR count). The third kappa shape index (κ3) is 2.65. The maximum Gasteiger partial charge on any atom is 0.316 e. The molecule has 0 fully saturated rings. The number of hydrogen-bond acceptors (Lipinski definition) is 6. The highest BCUT2D eigenvalue weighted by molar-refractivity contribution is 5.71. The lowest BCUT2D eigenvalue weighted by Crippen LogP contribution is -2.07. The molecular weight excluding hydrogens is 246 g/mol. The van der Waals surface area contributed by atoms with E-state index in [0.717, 1.165) is 0 Å². The molecular formula is C12H13N5O2. The lowest BCUT2D eigenvalue weighted by atomic mass is 10.1. The van der Waals surface area contributed by atoms with Gasteiger partial charge in [0.2, 0.25) is 5.95 Å². The molecule has 0 atom stereocenters. The molecule has 19 heavy (non-hydrogen) atoms. The number of rotatable bonds is 4. The SMILES string of the molecule is CCNc1nc(C)c([N+](=O)[O-])c(-c2ccncc2)n1. The van der Waals surface area contributed by atoms with Gasteiger partial charge in [0.05, 0.1) is 4.92 Å². The van der Waals surface area contributed by atoms with Gasteiger partial charge in [-0.05, 0) is 26.0 Å². The van der Waals surface area contributed by atoms with Crippen molar-refractivity contribution in [3.63, 3.8) is 0 Å². The van der Waals surface area contributed by atoms with E-state index in [1.807, 2.05) is 6.92 Å². The summed E-state index contributed by atoms with van der Waals surface area (Å²) in [6.07, 6.45) is 3.15. The minimum Gasteiger partial charge on any atom is -0.354 e. The Labute approximate surface area is 109 Å². The summed E-state index contributed by atoms with van der Waals surface area (Å²) in [5, 5.41) is 14.1. The second-order valence-corrected chi connectivity index (χ2v) is 3.85. The van der Waals surface area contributed by atoms with Crippen LogP contribution in [0.15, 0.2) is 24.5 Å². The Hall–Kier alpha value is -2.57. The molecule has 0 saturated heterocycles. The molecule has 2 aromatic rings. The van der Waals surface area contributed by atoms with E-state index in [9.17, 15) is 10.1 Å². The molecule has 0 aliphatic carbocycles. The molecule has 0 aromatic carbocycles. The molecule has 0 spiro atoms. The Morgan fingerprint density at radius 3 is 2.58 bits per heavy atom. The Balaban J connectivity index is 2.65. The Morgan fingerprint density at radius 2 is 2.00 bits per heavy atom. The van der Waals surface area contributed by atoms with Crippen LogP contribution < -0.4 is 5.32 Å². The van der Waals surface area contributed by atoms with Crippen LogP contribution in [0.1, 0.15) is 12.6 Å². The number of nitro groups is 1. The molecule has 1 N–H and O–H groups in total. The first-order valence-corrected chi connectivity index (χ1v) is 5.80. The van der Waals surface area contributed by atoms with Crippen LogP contribution in [0.4, 0.5) is 11.6 Å². The van der Waals surface area contributed by atoms with Crippen molar-refractivity contribution < 1.29 is 4.92 Å². The molecule has 2 heterocycles. The molecule has 98 valence electrons. The molecule has 7 nitrogen and oxygen atoms in total. The molecule has 7 heteroatoms. The summed E-state index contributed by atoms with van der Waals surface area (Å²) in [7, 11) is 0.